The molecule has 0 heterocycles. The van der Waals surface area contributed by atoms with E-state index >= 15 is 0 Å². The Morgan fingerprint density at radius 2 is 1.89 bits per heavy atom. The zero-order chi connectivity index (χ0) is 14.5. The fourth-order valence-corrected chi connectivity index (χ4v) is 2.74. The highest BCUT2D eigenvalue weighted by Gasteiger charge is 2.15. The van der Waals surface area contributed by atoms with Gasteiger partial charge in [0.15, 0.2) is 5.78 Å². The first-order valence-corrected chi connectivity index (χ1v) is 7.71. The van der Waals surface area contributed by atoms with Crippen molar-refractivity contribution < 1.29 is 13.2 Å². The molecule has 106 valence electrons. The Kier molecular flexibility index (Phi) is 5.65. The summed E-state index contributed by atoms with van der Waals surface area (Å²) in [5.74, 6) is -0.0955. The minimum absolute atomic E-state index is 0.0955. The molecule has 19 heavy (non-hydrogen) atoms. The molecule has 0 aliphatic carbocycles. The zero-order valence-electron chi connectivity index (χ0n) is 11.2. The molecule has 1 aromatic carbocycles. The smallest absolute Gasteiger partial charge is 0.240 e. The van der Waals surface area contributed by atoms with Gasteiger partial charge in [-0.25, -0.2) is 13.1 Å². The van der Waals surface area contributed by atoms with E-state index in [-0.39, 0.29) is 23.3 Å². The van der Waals surface area contributed by atoms with Gasteiger partial charge < -0.3 is 5.73 Å². The molecular weight excluding hydrogens is 264 g/mol. The Labute approximate surface area is 114 Å². The van der Waals surface area contributed by atoms with Gasteiger partial charge in [-0.05, 0) is 25.5 Å². The summed E-state index contributed by atoms with van der Waals surface area (Å²) < 4.78 is 26.4. The number of carbonyl (C=O) groups is 1. The van der Waals surface area contributed by atoms with Crippen LogP contribution in [0.25, 0.3) is 0 Å². The number of nitrogens with two attached hydrogens (primary N) is 1. The number of hydrogen-bond acceptors (Lipinski definition) is 4. The first-order chi connectivity index (χ1) is 8.86. The van der Waals surface area contributed by atoms with E-state index in [4.69, 9.17) is 5.73 Å². The van der Waals surface area contributed by atoms with Crippen LogP contribution in [-0.2, 0) is 10.0 Å². The van der Waals surface area contributed by atoms with Crippen molar-refractivity contribution in [3.05, 3.63) is 29.8 Å². The normalized spacial score (nSPS) is 13.2. The summed E-state index contributed by atoms with van der Waals surface area (Å²) in [5, 5.41) is 0. The molecule has 0 spiro atoms. The molecule has 0 aromatic heterocycles. The van der Waals surface area contributed by atoms with E-state index < -0.39 is 10.0 Å². The molecule has 1 rings (SSSR count). The average Bonchev–Trinajstić information content (AvgIpc) is 2.37. The summed E-state index contributed by atoms with van der Waals surface area (Å²) >= 11 is 0. The number of nitrogens with one attached hydrogen (secondary N) is 1. The average molecular weight is 284 g/mol. The van der Waals surface area contributed by atoms with Crippen LogP contribution in [0, 0.1) is 0 Å². The van der Waals surface area contributed by atoms with Crippen LogP contribution in [0.2, 0.25) is 0 Å². The van der Waals surface area contributed by atoms with Crippen molar-refractivity contribution in [1.82, 2.24) is 4.72 Å². The van der Waals surface area contributed by atoms with E-state index in [0.29, 0.717) is 5.56 Å². The van der Waals surface area contributed by atoms with Crippen molar-refractivity contribution in [3.8, 4) is 0 Å². The van der Waals surface area contributed by atoms with E-state index in [2.05, 4.69) is 4.72 Å². The quantitative estimate of drug-likeness (QED) is 0.738. The second kappa shape index (κ2) is 6.79. The van der Waals surface area contributed by atoms with Crippen LogP contribution in [0.4, 0.5) is 0 Å². The minimum Gasteiger partial charge on any atom is -0.327 e. The van der Waals surface area contributed by atoms with E-state index in [1.807, 2.05) is 6.92 Å². The predicted molar refractivity (Wildman–Crippen MR) is 74.5 cm³/mol. The topological polar surface area (TPSA) is 89.3 Å². The van der Waals surface area contributed by atoms with Crippen LogP contribution in [0.1, 0.15) is 37.0 Å². The lowest BCUT2D eigenvalue weighted by Crippen LogP contribution is -2.37. The Hall–Kier alpha value is -1.24. The Morgan fingerprint density at radius 1 is 1.32 bits per heavy atom. The molecule has 1 aromatic rings. The first-order valence-electron chi connectivity index (χ1n) is 6.23. The Morgan fingerprint density at radius 3 is 2.37 bits per heavy atom. The van der Waals surface area contributed by atoms with Gasteiger partial charge in [0.2, 0.25) is 10.0 Å². The lowest BCUT2D eigenvalue weighted by atomic mass is 10.2. The van der Waals surface area contributed by atoms with Gasteiger partial charge in [0.25, 0.3) is 0 Å². The maximum atomic E-state index is 12.0. The lowest BCUT2D eigenvalue weighted by Gasteiger charge is -2.12. The number of sulfonamides is 1. The number of carbonyl (C=O) groups excluding carboxylic acids is 1. The van der Waals surface area contributed by atoms with Gasteiger partial charge in [-0.15, -0.1) is 0 Å². The van der Waals surface area contributed by atoms with Gasteiger partial charge in [-0.1, -0.05) is 25.5 Å². The van der Waals surface area contributed by atoms with Crippen LogP contribution in [-0.4, -0.2) is 26.8 Å². The van der Waals surface area contributed by atoms with Gasteiger partial charge in [-0.3, -0.25) is 4.79 Å². The third kappa shape index (κ3) is 4.74. The molecular formula is C13H20N2O3S. The van der Waals surface area contributed by atoms with Gasteiger partial charge in [0.05, 0.1) is 4.90 Å². The molecule has 5 nitrogen and oxygen atoms in total. The van der Waals surface area contributed by atoms with Crippen LogP contribution in [0.5, 0.6) is 0 Å². The standard InChI is InChI=1S/C13H20N2O3S/c1-3-4-12(14)9-15-19(17,18)13-7-5-11(6-8-13)10(2)16/h5-8,12,15H,3-4,9,14H2,1-2H3/t12-/m1/s1. The molecule has 0 aliphatic rings. The molecule has 0 saturated carbocycles. The minimum atomic E-state index is -3.56. The lowest BCUT2D eigenvalue weighted by molar-refractivity contribution is 0.101. The number of Topliss-reactive ketones (excluding diaryl/α,β-unsaturated/α-hetero) is 1. The number of rotatable bonds is 7. The fraction of sp³-hybridized carbons (Fsp3) is 0.462. The summed E-state index contributed by atoms with van der Waals surface area (Å²) in [5.41, 5.74) is 6.25. The summed E-state index contributed by atoms with van der Waals surface area (Å²) in [7, 11) is -3.56. The molecule has 3 N–H and O–H groups in total. The van der Waals surface area contributed by atoms with E-state index in [9.17, 15) is 13.2 Å². The number of hydrogen-bond donors (Lipinski definition) is 2. The van der Waals surface area contributed by atoms with Crippen molar-refractivity contribution in [1.29, 1.82) is 0 Å². The van der Waals surface area contributed by atoms with Gasteiger partial charge >= 0.3 is 0 Å². The Bertz CT molecular complexity index is 523. The van der Waals surface area contributed by atoms with Crippen molar-refractivity contribution in [2.24, 2.45) is 5.73 Å². The molecule has 0 unspecified atom stereocenters. The zero-order valence-corrected chi connectivity index (χ0v) is 12.0. The third-order valence-electron chi connectivity index (χ3n) is 2.77. The van der Waals surface area contributed by atoms with Crippen molar-refractivity contribution >= 4 is 15.8 Å². The Balaban J connectivity index is 2.74. The highest BCUT2D eigenvalue weighted by atomic mass is 32.2. The third-order valence-corrected chi connectivity index (χ3v) is 4.21. The van der Waals surface area contributed by atoms with E-state index in [1.54, 1.807) is 0 Å². The van der Waals surface area contributed by atoms with Gasteiger partial charge in [0.1, 0.15) is 0 Å². The predicted octanol–water partition coefficient (Wildman–Crippen LogP) is 1.29. The molecule has 0 bridgehead atoms. The maximum absolute atomic E-state index is 12.0. The molecule has 6 heteroatoms. The molecule has 0 radical (unpaired) electrons. The monoisotopic (exact) mass is 284 g/mol. The SMILES string of the molecule is CCC[C@@H](N)CNS(=O)(=O)c1ccc(C(C)=O)cc1. The second-order valence-corrected chi connectivity index (χ2v) is 6.25. The summed E-state index contributed by atoms with van der Waals surface area (Å²) in [4.78, 5) is 11.3. The van der Waals surface area contributed by atoms with Crippen LogP contribution >= 0.6 is 0 Å². The molecule has 0 fully saturated rings. The van der Waals surface area contributed by atoms with Crippen molar-refractivity contribution in [3.63, 3.8) is 0 Å². The molecule has 1 atom stereocenters. The van der Waals surface area contributed by atoms with E-state index in [1.165, 1.54) is 31.2 Å². The van der Waals surface area contributed by atoms with Gasteiger partial charge in [-0.2, -0.15) is 0 Å². The number of benzene rings is 1. The molecule has 0 amide bonds. The van der Waals surface area contributed by atoms with Crippen molar-refractivity contribution in [2.45, 2.75) is 37.6 Å². The molecule has 0 saturated heterocycles. The molecule has 0 aliphatic heterocycles. The van der Waals surface area contributed by atoms with Crippen LogP contribution in [0.3, 0.4) is 0 Å². The number of ketones is 1. The van der Waals surface area contributed by atoms with Crippen molar-refractivity contribution in [2.75, 3.05) is 6.54 Å². The summed E-state index contributed by atoms with van der Waals surface area (Å²) in [6.45, 7) is 3.64. The highest BCUT2D eigenvalue weighted by Crippen LogP contribution is 2.11. The first kappa shape index (κ1) is 15.8. The van der Waals surface area contributed by atoms with Crippen LogP contribution < -0.4 is 10.5 Å². The largest absolute Gasteiger partial charge is 0.327 e. The second-order valence-electron chi connectivity index (χ2n) is 4.48. The van der Waals surface area contributed by atoms with Gasteiger partial charge in [0, 0.05) is 18.2 Å². The highest BCUT2D eigenvalue weighted by molar-refractivity contribution is 7.89. The van der Waals surface area contributed by atoms with Crippen LogP contribution in [0.15, 0.2) is 29.2 Å². The summed E-state index contributed by atoms with van der Waals surface area (Å²) in [6.07, 6.45) is 1.68. The van der Waals surface area contributed by atoms with E-state index in [0.717, 1.165) is 12.8 Å². The summed E-state index contributed by atoms with van der Waals surface area (Å²) in [6, 6.07) is 5.66. The maximum Gasteiger partial charge on any atom is 0.240 e. The fourth-order valence-electron chi connectivity index (χ4n) is 1.64.